The predicted molar refractivity (Wildman–Crippen MR) is 60.6 cm³/mol. The molecule has 0 rings (SSSR count). The van der Waals surface area contributed by atoms with Crippen LogP contribution in [-0.4, -0.2) is 139 Å². The van der Waals surface area contributed by atoms with Crippen LogP contribution in [0.2, 0.25) is 0 Å². The first-order valence-corrected chi connectivity index (χ1v) is 1.88. The Morgan fingerprint density at radius 3 is 1.14 bits per heavy atom. The summed E-state index contributed by atoms with van der Waals surface area (Å²) in [5.74, 6) is 0. The van der Waals surface area contributed by atoms with Gasteiger partial charge in [-0.15, -0.1) is 0 Å². The number of carbonyl (C=O) groups excluding carboxylic acids is 1. The Hall–Kier alpha value is 1.79. The normalized spacial score (nSPS) is 5.71. The topological polar surface area (TPSA) is 110 Å². The Kier molecular flexibility index (Phi) is 36.4. The molecule has 0 heterocycles. The van der Waals surface area contributed by atoms with Crippen molar-refractivity contribution in [2.24, 2.45) is 0 Å². The fourth-order valence-electron chi connectivity index (χ4n) is 0.163. The van der Waals surface area contributed by atoms with Crippen molar-refractivity contribution >= 4 is 129 Å². The van der Waals surface area contributed by atoms with Gasteiger partial charge in [0.15, 0.2) is 34.7 Å². The van der Waals surface area contributed by atoms with E-state index in [0.717, 1.165) is 0 Å². The number of rotatable bonds is 0. The summed E-state index contributed by atoms with van der Waals surface area (Å²) in [7, 11) is 0. The molecule has 0 aliphatic rings. The summed E-state index contributed by atoms with van der Waals surface area (Å²) < 4.78 is 6.47. The van der Waals surface area contributed by atoms with Gasteiger partial charge in [-0.3, -0.25) is 0 Å². The number of carboxylic acid groups (broad SMARTS) is 2. The van der Waals surface area contributed by atoms with Gasteiger partial charge >= 0.3 is 93.9 Å². The van der Waals surface area contributed by atoms with Gasteiger partial charge < -0.3 is 19.7 Å². The third-order valence-electron chi connectivity index (χ3n) is 0.341. The zero-order chi connectivity index (χ0) is 8.15. The Morgan fingerprint density at radius 1 is 0.786 bits per heavy atom. The number of carbonyl (C=O) groups is 3. The molecule has 0 aliphatic carbocycles. The second-order valence-corrected chi connectivity index (χ2v) is 0.986. The number of hydrogen-bond donors (Lipinski definition) is 2. The monoisotopic (exact) mass is 294 g/mol. The molecule has 0 amide bonds. The summed E-state index contributed by atoms with van der Waals surface area (Å²) in [6.45, 7) is 0. The summed E-state index contributed by atoms with van der Waals surface area (Å²) in [6, 6.07) is 0. The zero-order valence-electron chi connectivity index (χ0n) is 4.44. The van der Waals surface area contributed by atoms with Crippen LogP contribution < -0.4 is 0 Å². The molecule has 0 aromatic rings. The van der Waals surface area contributed by atoms with Gasteiger partial charge in [-0.2, -0.15) is 0 Å². The van der Waals surface area contributed by atoms with E-state index in [4.69, 9.17) is 10.2 Å². The standard InChI is InChI=1S/C3H2O7.2Al.2Ca.10H/c4-1(5)9-3(8)10-2(6)7;;;;;;;;;;;;;;/h(H,4,5)(H,6,7);;;;;;;;;;;;;;. The summed E-state index contributed by atoms with van der Waals surface area (Å²) >= 11 is 0. The average molecular weight is 294 g/mol. The SMILES string of the molecule is O=C(O)OC(=O)OC(=O)O.[AlH3].[AlH3].[CaH2].[CaH2]. The Labute approximate surface area is 160 Å². The second-order valence-electron chi connectivity index (χ2n) is 0.986. The van der Waals surface area contributed by atoms with Gasteiger partial charge in [0.2, 0.25) is 0 Å². The average Bonchev–Trinajstić information content (AvgIpc) is 1.58. The van der Waals surface area contributed by atoms with E-state index in [2.05, 4.69) is 9.47 Å². The van der Waals surface area contributed by atoms with Crippen LogP contribution in [0.4, 0.5) is 14.4 Å². The van der Waals surface area contributed by atoms with E-state index in [1.807, 2.05) is 0 Å². The summed E-state index contributed by atoms with van der Waals surface area (Å²) in [5.41, 5.74) is 0. The van der Waals surface area contributed by atoms with E-state index in [0.29, 0.717) is 0 Å². The molecule has 2 N–H and O–H groups in total. The molecule has 0 aromatic heterocycles. The van der Waals surface area contributed by atoms with E-state index in [1.54, 1.807) is 0 Å². The number of hydrogen-bond acceptors (Lipinski definition) is 5. The fourth-order valence-corrected chi connectivity index (χ4v) is 0.163. The van der Waals surface area contributed by atoms with E-state index in [9.17, 15) is 14.4 Å². The third kappa shape index (κ3) is 23.5. The summed E-state index contributed by atoms with van der Waals surface area (Å²) in [6.07, 6.45) is -5.64. The first-order chi connectivity index (χ1) is 4.52. The van der Waals surface area contributed by atoms with Crippen LogP contribution in [0.1, 0.15) is 0 Å². The van der Waals surface area contributed by atoms with Crippen LogP contribution in [0.25, 0.3) is 0 Å². The van der Waals surface area contributed by atoms with Gasteiger partial charge in [0.25, 0.3) is 0 Å². The maximum atomic E-state index is 9.86. The van der Waals surface area contributed by atoms with Crippen molar-refractivity contribution in [3.8, 4) is 0 Å². The maximum absolute atomic E-state index is 9.86. The van der Waals surface area contributed by atoms with Crippen LogP contribution in [0.15, 0.2) is 0 Å². The van der Waals surface area contributed by atoms with E-state index in [-0.39, 0.29) is 110 Å². The van der Waals surface area contributed by atoms with Crippen LogP contribution in [0.3, 0.4) is 0 Å². The Morgan fingerprint density at radius 2 is 1.00 bits per heavy atom. The zero-order valence-corrected chi connectivity index (χ0v) is 4.44. The molecule has 11 heteroatoms. The van der Waals surface area contributed by atoms with Crippen molar-refractivity contribution in [1.82, 2.24) is 0 Å². The molecular weight excluding hydrogens is 282 g/mol. The van der Waals surface area contributed by atoms with Crippen molar-refractivity contribution in [3.05, 3.63) is 0 Å². The molecule has 0 aromatic carbocycles. The van der Waals surface area contributed by atoms with Gasteiger partial charge in [-0.25, -0.2) is 14.4 Å². The van der Waals surface area contributed by atoms with Gasteiger partial charge in [-0.05, 0) is 0 Å². The molecule has 0 unspecified atom stereocenters. The third-order valence-corrected chi connectivity index (χ3v) is 0.341. The van der Waals surface area contributed by atoms with Crippen molar-refractivity contribution in [1.29, 1.82) is 0 Å². The molecule has 14 heavy (non-hydrogen) atoms. The van der Waals surface area contributed by atoms with Gasteiger partial charge in [0, 0.05) is 0 Å². The van der Waals surface area contributed by atoms with Crippen molar-refractivity contribution < 1.29 is 34.1 Å². The molecule has 76 valence electrons. The van der Waals surface area contributed by atoms with Crippen molar-refractivity contribution in [2.45, 2.75) is 0 Å². The molecule has 0 saturated heterocycles. The quantitative estimate of drug-likeness (QED) is 0.269. The van der Waals surface area contributed by atoms with Crippen LogP contribution in [-0.2, 0) is 9.47 Å². The van der Waals surface area contributed by atoms with Gasteiger partial charge in [0.05, 0.1) is 0 Å². The minimum atomic E-state index is -1.92. The van der Waals surface area contributed by atoms with Crippen LogP contribution in [0, 0.1) is 0 Å². The molecule has 0 saturated carbocycles. The summed E-state index contributed by atoms with van der Waals surface area (Å²) in [4.78, 5) is 28.8. The Bertz CT molecular complexity index is 168. The van der Waals surface area contributed by atoms with Gasteiger partial charge in [0.1, 0.15) is 0 Å². The first-order valence-electron chi connectivity index (χ1n) is 1.88. The van der Waals surface area contributed by atoms with E-state index in [1.165, 1.54) is 0 Å². The molecule has 7 nitrogen and oxygen atoms in total. The van der Waals surface area contributed by atoms with Gasteiger partial charge in [-0.1, -0.05) is 0 Å². The molecule has 0 bridgehead atoms. The van der Waals surface area contributed by atoms with Crippen LogP contribution in [0.5, 0.6) is 0 Å². The van der Waals surface area contributed by atoms with Crippen molar-refractivity contribution in [3.63, 3.8) is 0 Å². The first kappa shape index (κ1) is 29.7. The Balaban J connectivity index is -0.0000000675. The molecular formula is C3H12Al2Ca2O7. The number of ether oxygens (including phenoxy) is 2. The van der Waals surface area contributed by atoms with E-state index >= 15 is 0 Å². The molecule has 0 radical (unpaired) electrons. The molecule has 0 spiro atoms. The molecule has 0 fully saturated rings. The summed E-state index contributed by atoms with van der Waals surface area (Å²) in [5, 5.41) is 15.4. The predicted octanol–water partition coefficient (Wildman–Crippen LogP) is -3.70. The van der Waals surface area contributed by atoms with Crippen molar-refractivity contribution in [2.75, 3.05) is 0 Å². The molecule has 0 atom stereocenters. The van der Waals surface area contributed by atoms with Crippen LogP contribution >= 0.6 is 0 Å². The second kappa shape index (κ2) is 17.2. The molecule has 0 aliphatic heterocycles. The van der Waals surface area contributed by atoms with E-state index < -0.39 is 18.5 Å². The minimum absolute atomic E-state index is 0. The fraction of sp³-hybridized carbons (Fsp3) is 0.